The van der Waals surface area contributed by atoms with Crippen molar-refractivity contribution in [2.45, 2.75) is 0 Å². The Morgan fingerprint density at radius 2 is 1.95 bits per heavy atom. The third-order valence-corrected chi connectivity index (χ3v) is 3.56. The lowest BCUT2D eigenvalue weighted by molar-refractivity contribution is 0.102. The molecule has 0 aliphatic rings. The summed E-state index contributed by atoms with van der Waals surface area (Å²) < 4.78 is 1.72. The van der Waals surface area contributed by atoms with Gasteiger partial charge in [0.15, 0.2) is 10.3 Å². The number of hydrogen-bond donors (Lipinski definition) is 2. The zero-order valence-corrected chi connectivity index (χ0v) is 12.6. The lowest BCUT2D eigenvalue weighted by atomic mass is 10.3. The number of halogens is 3. The smallest absolute Gasteiger partial charge is 0.279 e. The highest BCUT2D eigenvalue weighted by atomic mass is 35.5. The van der Waals surface area contributed by atoms with Gasteiger partial charge in [-0.2, -0.15) is 5.10 Å². The van der Waals surface area contributed by atoms with Gasteiger partial charge < -0.3 is 5.32 Å². The van der Waals surface area contributed by atoms with E-state index in [0.29, 0.717) is 5.02 Å². The first kappa shape index (κ1) is 14.3. The van der Waals surface area contributed by atoms with Gasteiger partial charge in [0.25, 0.3) is 5.91 Å². The van der Waals surface area contributed by atoms with E-state index in [9.17, 15) is 4.79 Å². The van der Waals surface area contributed by atoms with Gasteiger partial charge >= 0.3 is 0 Å². The largest absolute Gasteiger partial charge is 0.318 e. The summed E-state index contributed by atoms with van der Waals surface area (Å²) >= 11 is 22.7. The first-order valence-electron chi connectivity index (χ1n) is 4.97. The van der Waals surface area contributed by atoms with Crippen molar-refractivity contribution in [3.05, 3.63) is 37.5 Å². The third kappa shape index (κ3) is 2.92. The molecule has 0 spiro atoms. The molecular formula is C10H7Cl3N4OS. The van der Waals surface area contributed by atoms with Crippen LogP contribution in [0.15, 0.2) is 12.1 Å². The molecule has 1 heterocycles. The average Bonchev–Trinajstić information content (AvgIpc) is 2.64. The van der Waals surface area contributed by atoms with E-state index < -0.39 is 5.91 Å². The zero-order valence-electron chi connectivity index (χ0n) is 9.50. The monoisotopic (exact) mass is 336 g/mol. The minimum absolute atomic E-state index is 0.0829. The molecule has 1 aromatic carbocycles. The number of carbonyl (C=O) groups is 1. The second kappa shape index (κ2) is 5.50. The average molecular weight is 338 g/mol. The number of benzene rings is 1. The van der Waals surface area contributed by atoms with Crippen molar-refractivity contribution in [1.29, 1.82) is 0 Å². The predicted octanol–water partition coefficient (Wildman–Crippen LogP) is 3.69. The van der Waals surface area contributed by atoms with Gasteiger partial charge in [0.05, 0.1) is 15.7 Å². The van der Waals surface area contributed by atoms with Crippen LogP contribution in [0.25, 0.3) is 0 Å². The van der Waals surface area contributed by atoms with Gasteiger partial charge in [0.1, 0.15) is 0 Å². The molecule has 0 aliphatic heterocycles. The molecule has 0 saturated carbocycles. The summed E-state index contributed by atoms with van der Waals surface area (Å²) in [4.78, 5) is 12.0. The molecule has 0 unspecified atom stereocenters. The van der Waals surface area contributed by atoms with Gasteiger partial charge in [-0.15, -0.1) is 0 Å². The van der Waals surface area contributed by atoms with Crippen LogP contribution in [0.3, 0.4) is 0 Å². The summed E-state index contributed by atoms with van der Waals surface area (Å²) in [5, 5.41) is 9.75. The maximum absolute atomic E-state index is 12.0. The number of aryl methyl sites for hydroxylation is 1. The molecule has 2 N–H and O–H groups in total. The number of hydrogen-bond acceptors (Lipinski definition) is 3. The number of aromatic amines is 1. The number of aromatic nitrogens is 3. The van der Waals surface area contributed by atoms with E-state index in [1.54, 1.807) is 7.05 Å². The first-order chi connectivity index (χ1) is 8.90. The minimum atomic E-state index is -0.507. The number of nitrogens with one attached hydrogen (secondary N) is 2. The van der Waals surface area contributed by atoms with Crippen LogP contribution in [0.5, 0.6) is 0 Å². The number of carbonyl (C=O) groups excluding carboxylic acids is 1. The Kier molecular flexibility index (Phi) is 4.15. The van der Waals surface area contributed by atoms with E-state index in [1.165, 1.54) is 16.8 Å². The Labute approximate surface area is 128 Å². The normalized spacial score (nSPS) is 10.5. The van der Waals surface area contributed by atoms with Crippen LogP contribution in [-0.4, -0.2) is 20.9 Å². The molecule has 2 rings (SSSR count). The topological polar surface area (TPSA) is 62.7 Å². The van der Waals surface area contributed by atoms with Crippen molar-refractivity contribution in [2.75, 3.05) is 5.32 Å². The standard InChI is InChI=1S/C10H7Cl3N4OS/c1-17-10(19)8(15-16-17)9(18)14-7-5(12)2-4(11)3-6(7)13/h2-3,16H,1H3,(H,14,18). The molecule has 0 fully saturated rings. The number of nitrogens with zero attached hydrogens (tertiary/aromatic N) is 2. The van der Waals surface area contributed by atoms with E-state index in [4.69, 9.17) is 47.0 Å². The van der Waals surface area contributed by atoms with Crippen LogP contribution in [0.2, 0.25) is 15.1 Å². The fourth-order valence-electron chi connectivity index (χ4n) is 1.36. The molecule has 9 heteroatoms. The van der Waals surface area contributed by atoms with Crippen LogP contribution in [0, 0.1) is 4.64 Å². The Balaban J connectivity index is 2.35. The van der Waals surface area contributed by atoms with Crippen LogP contribution in [0.1, 0.15) is 10.5 Å². The predicted molar refractivity (Wildman–Crippen MR) is 77.8 cm³/mol. The lowest BCUT2D eigenvalue weighted by Gasteiger charge is -2.08. The highest BCUT2D eigenvalue weighted by molar-refractivity contribution is 7.71. The van der Waals surface area contributed by atoms with Gasteiger partial charge in [0, 0.05) is 12.1 Å². The molecule has 100 valence electrons. The molecule has 19 heavy (non-hydrogen) atoms. The van der Waals surface area contributed by atoms with E-state index >= 15 is 0 Å². The highest BCUT2D eigenvalue weighted by Crippen LogP contribution is 2.33. The Morgan fingerprint density at radius 3 is 2.42 bits per heavy atom. The molecule has 1 aromatic heterocycles. The van der Waals surface area contributed by atoms with E-state index in [1.807, 2.05) is 0 Å². The SMILES string of the molecule is Cn1[nH]nc(C(=O)Nc2c(Cl)cc(Cl)cc2Cl)c1=S. The fourth-order valence-corrected chi connectivity index (χ4v) is 2.45. The van der Waals surface area contributed by atoms with Gasteiger partial charge in [-0.3, -0.25) is 9.48 Å². The summed E-state index contributed by atoms with van der Waals surface area (Å²) in [7, 11) is 1.65. The second-order valence-electron chi connectivity index (χ2n) is 3.62. The zero-order chi connectivity index (χ0) is 14.2. The number of anilines is 1. The lowest BCUT2D eigenvalue weighted by Crippen LogP contribution is -2.13. The maximum atomic E-state index is 12.0. The molecule has 1 amide bonds. The molecule has 5 nitrogen and oxygen atoms in total. The third-order valence-electron chi connectivity index (χ3n) is 2.28. The quantitative estimate of drug-likeness (QED) is 0.822. The maximum Gasteiger partial charge on any atom is 0.279 e. The van der Waals surface area contributed by atoms with Crippen LogP contribution >= 0.6 is 47.0 Å². The summed E-state index contributed by atoms with van der Waals surface area (Å²) in [6, 6.07) is 2.95. The summed E-state index contributed by atoms with van der Waals surface area (Å²) in [5.74, 6) is -0.507. The van der Waals surface area contributed by atoms with Crippen molar-refractivity contribution < 1.29 is 4.79 Å². The summed E-state index contributed by atoms with van der Waals surface area (Å²) in [6.07, 6.45) is 0. The fraction of sp³-hybridized carbons (Fsp3) is 0.100. The van der Waals surface area contributed by atoms with Crippen LogP contribution in [-0.2, 0) is 7.05 Å². The van der Waals surface area contributed by atoms with E-state index in [0.717, 1.165) is 0 Å². The summed E-state index contributed by atoms with van der Waals surface area (Å²) in [5.41, 5.74) is 0.345. The van der Waals surface area contributed by atoms with Gasteiger partial charge in [-0.05, 0) is 12.1 Å². The molecule has 0 radical (unpaired) electrons. The van der Waals surface area contributed by atoms with Crippen molar-refractivity contribution in [1.82, 2.24) is 15.0 Å². The first-order valence-corrected chi connectivity index (χ1v) is 6.51. The number of amides is 1. The highest BCUT2D eigenvalue weighted by Gasteiger charge is 2.16. The Hall–Kier alpha value is -1.08. The minimum Gasteiger partial charge on any atom is -0.318 e. The number of rotatable bonds is 2. The van der Waals surface area contributed by atoms with Crippen LogP contribution in [0.4, 0.5) is 5.69 Å². The van der Waals surface area contributed by atoms with E-state index in [-0.39, 0.29) is 26.1 Å². The van der Waals surface area contributed by atoms with Crippen molar-refractivity contribution >= 4 is 58.6 Å². The van der Waals surface area contributed by atoms with E-state index in [2.05, 4.69) is 15.6 Å². The van der Waals surface area contributed by atoms with Crippen molar-refractivity contribution in [3.8, 4) is 0 Å². The molecule has 0 bridgehead atoms. The van der Waals surface area contributed by atoms with Crippen LogP contribution < -0.4 is 5.32 Å². The molecule has 0 aliphatic carbocycles. The van der Waals surface area contributed by atoms with Gasteiger partial charge in [0.2, 0.25) is 0 Å². The molecule has 0 saturated heterocycles. The van der Waals surface area contributed by atoms with Crippen molar-refractivity contribution in [3.63, 3.8) is 0 Å². The summed E-state index contributed by atoms with van der Waals surface area (Å²) in [6.45, 7) is 0. The molecular weight excluding hydrogens is 331 g/mol. The number of H-pyrrole nitrogens is 1. The molecule has 0 atom stereocenters. The van der Waals surface area contributed by atoms with Crippen molar-refractivity contribution in [2.24, 2.45) is 7.05 Å². The van der Waals surface area contributed by atoms with Gasteiger partial charge in [-0.25, -0.2) is 5.21 Å². The van der Waals surface area contributed by atoms with Gasteiger partial charge in [-0.1, -0.05) is 47.0 Å². The Bertz CT molecular complexity index is 686. The molecule has 2 aromatic rings. The Morgan fingerprint density at radius 1 is 1.37 bits per heavy atom. The second-order valence-corrected chi connectivity index (χ2v) is 5.26.